The standard InChI is InChI=1S/C23H30N6O/c1-4-10-19-24-22(28-14-9-13-27(15-16-28)20(30)5-2)21-17(3)26-29(23(21)25-19)18-11-7-6-8-12-18/h6-8,11-12H,4-5,9-10,13-16H2,1-3H3. The average Bonchev–Trinajstić information content (AvgIpc) is 2.94. The molecule has 1 aliphatic rings. The summed E-state index contributed by atoms with van der Waals surface area (Å²) in [4.78, 5) is 26.4. The van der Waals surface area contributed by atoms with Crippen molar-refractivity contribution in [3.8, 4) is 5.69 Å². The fourth-order valence-electron chi connectivity index (χ4n) is 4.12. The molecule has 0 radical (unpaired) electrons. The van der Waals surface area contributed by atoms with Crippen LogP contribution in [0.15, 0.2) is 30.3 Å². The predicted molar refractivity (Wildman–Crippen MR) is 119 cm³/mol. The van der Waals surface area contributed by atoms with Crippen molar-refractivity contribution in [3.05, 3.63) is 41.9 Å². The number of carbonyl (C=O) groups excluding carboxylic acids is 1. The molecule has 3 heterocycles. The highest BCUT2D eigenvalue weighted by atomic mass is 16.2. The van der Waals surface area contributed by atoms with Crippen LogP contribution in [-0.4, -0.2) is 56.7 Å². The van der Waals surface area contributed by atoms with E-state index in [4.69, 9.17) is 15.1 Å². The Bertz CT molecular complexity index is 1030. The van der Waals surface area contributed by atoms with E-state index in [-0.39, 0.29) is 5.91 Å². The third kappa shape index (κ3) is 3.88. The molecule has 4 rings (SSSR count). The molecule has 7 heteroatoms. The minimum atomic E-state index is 0.226. The predicted octanol–water partition coefficient (Wildman–Crippen LogP) is 3.53. The van der Waals surface area contributed by atoms with Gasteiger partial charge in [0.25, 0.3) is 0 Å². The van der Waals surface area contributed by atoms with Crippen molar-refractivity contribution >= 4 is 22.8 Å². The second-order valence-corrected chi connectivity index (χ2v) is 7.82. The van der Waals surface area contributed by atoms with E-state index in [0.717, 1.165) is 79.5 Å². The number of fused-ring (bicyclic) bond motifs is 1. The summed E-state index contributed by atoms with van der Waals surface area (Å²) in [5.74, 6) is 2.03. The minimum absolute atomic E-state index is 0.226. The zero-order valence-corrected chi connectivity index (χ0v) is 18.1. The van der Waals surface area contributed by atoms with Gasteiger partial charge in [-0.05, 0) is 31.9 Å². The van der Waals surface area contributed by atoms with Gasteiger partial charge in [0.2, 0.25) is 5.91 Å². The van der Waals surface area contributed by atoms with Gasteiger partial charge in [0.1, 0.15) is 11.6 Å². The zero-order chi connectivity index (χ0) is 21.1. The molecule has 0 bridgehead atoms. The molecule has 1 aliphatic heterocycles. The number of para-hydroxylation sites is 1. The van der Waals surface area contributed by atoms with Crippen molar-refractivity contribution in [1.82, 2.24) is 24.6 Å². The zero-order valence-electron chi connectivity index (χ0n) is 18.1. The van der Waals surface area contributed by atoms with Crippen molar-refractivity contribution in [2.75, 3.05) is 31.1 Å². The molecule has 0 N–H and O–H groups in total. The number of anilines is 1. The van der Waals surface area contributed by atoms with Crippen LogP contribution >= 0.6 is 0 Å². The fraction of sp³-hybridized carbons (Fsp3) is 0.478. The number of aryl methyl sites for hydroxylation is 2. The normalized spacial score (nSPS) is 14.9. The Hall–Kier alpha value is -2.96. The topological polar surface area (TPSA) is 67.2 Å². The molecule has 1 saturated heterocycles. The smallest absolute Gasteiger partial charge is 0.222 e. The maximum Gasteiger partial charge on any atom is 0.222 e. The molecule has 0 spiro atoms. The maximum absolute atomic E-state index is 12.2. The Kier molecular flexibility index (Phi) is 5.97. The van der Waals surface area contributed by atoms with Crippen LogP contribution in [0.4, 0.5) is 5.82 Å². The van der Waals surface area contributed by atoms with Crippen molar-refractivity contribution in [2.45, 2.75) is 46.5 Å². The van der Waals surface area contributed by atoms with E-state index in [1.54, 1.807) is 0 Å². The van der Waals surface area contributed by atoms with Gasteiger partial charge in [-0.2, -0.15) is 5.10 Å². The summed E-state index contributed by atoms with van der Waals surface area (Å²) in [6.45, 7) is 9.29. The third-order valence-electron chi connectivity index (χ3n) is 5.65. The highest BCUT2D eigenvalue weighted by molar-refractivity contribution is 5.91. The SMILES string of the molecule is CCCc1nc(N2CCCN(C(=O)CC)CC2)c2c(C)nn(-c3ccccc3)c2n1. The Morgan fingerprint density at radius 3 is 2.57 bits per heavy atom. The van der Waals surface area contributed by atoms with Crippen LogP contribution in [0.3, 0.4) is 0 Å². The van der Waals surface area contributed by atoms with Crippen LogP contribution in [0, 0.1) is 6.92 Å². The Labute approximate surface area is 177 Å². The third-order valence-corrected chi connectivity index (χ3v) is 5.65. The number of hydrogen-bond acceptors (Lipinski definition) is 5. The first kappa shape index (κ1) is 20.3. The molecule has 3 aromatic rings. The quantitative estimate of drug-likeness (QED) is 0.648. The molecule has 0 unspecified atom stereocenters. The van der Waals surface area contributed by atoms with Crippen LogP contribution in [-0.2, 0) is 11.2 Å². The molecular formula is C23H30N6O. The van der Waals surface area contributed by atoms with Crippen molar-refractivity contribution < 1.29 is 4.79 Å². The number of nitrogens with zero attached hydrogens (tertiary/aromatic N) is 6. The van der Waals surface area contributed by atoms with E-state index in [1.807, 2.05) is 53.8 Å². The van der Waals surface area contributed by atoms with Gasteiger partial charge in [-0.25, -0.2) is 14.6 Å². The molecule has 2 aromatic heterocycles. The number of rotatable bonds is 5. The van der Waals surface area contributed by atoms with Crippen LogP contribution in [0.5, 0.6) is 0 Å². The Morgan fingerprint density at radius 2 is 1.83 bits per heavy atom. The van der Waals surface area contributed by atoms with Crippen LogP contribution < -0.4 is 4.90 Å². The molecule has 0 atom stereocenters. The lowest BCUT2D eigenvalue weighted by Crippen LogP contribution is -2.35. The number of amides is 1. The minimum Gasteiger partial charge on any atom is -0.354 e. The summed E-state index contributed by atoms with van der Waals surface area (Å²) in [6.07, 6.45) is 3.31. The van der Waals surface area contributed by atoms with E-state index < -0.39 is 0 Å². The van der Waals surface area contributed by atoms with Crippen LogP contribution in [0.25, 0.3) is 16.7 Å². The molecule has 0 aliphatic carbocycles. The van der Waals surface area contributed by atoms with Gasteiger partial charge in [0, 0.05) is 39.0 Å². The van der Waals surface area contributed by atoms with Crippen LogP contribution in [0.1, 0.15) is 44.6 Å². The van der Waals surface area contributed by atoms with E-state index in [0.29, 0.717) is 6.42 Å². The Morgan fingerprint density at radius 1 is 1.03 bits per heavy atom. The van der Waals surface area contributed by atoms with Gasteiger partial charge in [0.15, 0.2) is 5.65 Å². The highest BCUT2D eigenvalue weighted by Crippen LogP contribution is 2.30. The number of aromatic nitrogens is 4. The van der Waals surface area contributed by atoms with Crippen molar-refractivity contribution in [3.63, 3.8) is 0 Å². The highest BCUT2D eigenvalue weighted by Gasteiger charge is 2.24. The largest absolute Gasteiger partial charge is 0.354 e. The van der Waals surface area contributed by atoms with E-state index >= 15 is 0 Å². The van der Waals surface area contributed by atoms with Gasteiger partial charge < -0.3 is 9.80 Å². The van der Waals surface area contributed by atoms with Crippen molar-refractivity contribution in [1.29, 1.82) is 0 Å². The number of carbonyl (C=O) groups is 1. The summed E-state index contributed by atoms with van der Waals surface area (Å²) >= 11 is 0. The summed E-state index contributed by atoms with van der Waals surface area (Å²) in [7, 11) is 0. The van der Waals surface area contributed by atoms with Gasteiger partial charge in [-0.3, -0.25) is 4.79 Å². The number of hydrogen-bond donors (Lipinski definition) is 0. The lowest BCUT2D eigenvalue weighted by atomic mass is 10.2. The second-order valence-electron chi connectivity index (χ2n) is 7.82. The summed E-state index contributed by atoms with van der Waals surface area (Å²) in [5.41, 5.74) is 2.79. The maximum atomic E-state index is 12.2. The van der Waals surface area contributed by atoms with E-state index in [2.05, 4.69) is 11.8 Å². The molecule has 1 fully saturated rings. The molecular weight excluding hydrogens is 376 g/mol. The first-order chi connectivity index (χ1) is 14.6. The lowest BCUT2D eigenvalue weighted by molar-refractivity contribution is -0.130. The number of benzene rings is 1. The van der Waals surface area contributed by atoms with E-state index in [1.165, 1.54) is 0 Å². The summed E-state index contributed by atoms with van der Waals surface area (Å²) in [6, 6.07) is 10.1. The van der Waals surface area contributed by atoms with Gasteiger partial charge in [-0.1, -0.05) is 32.0 Å². The van der Waals surface area contributed by atoms with Gasteiger partial charge in [-0.15, -0.1) is 0 Å². The lowest BCUT2D eigenvalue weighted by Gasteiger charge is -2.24. The first-order valence-corrected chi connectivity index (χ1v) is 11.0. The summed E-state index contributed by atoms with van der Waals surface area (Å²) < 4.78 is 1.93. The molecule has 1 amide bonds. The van der Waals surface area contributed by atoms with Gasteiger partial charge in [0.05, 0.1) is 16.8 Å². The van der Waals surface area contributed by atoms with Gasteiger partial charge >= 0.3 is 0 Å². The molecule has 7 nitrogen and oxygen atoms in total. The molecule has 30 heavy (non-hydrogen) atoms. The first-order valence-electron chi connectivity index (χ1n) is 11.0. The van der Waals surface area contributed by atoms with E-state index in [9.17, 15) is 4.79 Å². The molecule has 1 aromatic carbocycles. The fourth-order valence-corrected chi connectivity index (χ4v) is 4.12. The monoisotopic (exact) mass is 406 g/mol. The Balaban J connectivity index is 1.79. The summed E-state index contributed by atoms with van der Waals surface area (Å²) in [5, 5.41) is 5.83. The van der Waals surface area contributed by atoms with Crippen LogP contribution in [0.2, 0.25) is 0 Å². The second kappa shape index (κ2) is 8.81. The van der Waals surface area contributed by atoms with Crippen molar-refractivity contribution in [2.24, 2.45) is 0 Å². The average molecular weight is 407 g/mol. The molecule has 158 valence electrons. The molecule has 0 saturated carbocycles.